The van der Waals surface area contributed by atoms with Crippen LogP contribution in [0.25, 0.3) is 11.4 Å². The molecule has 170 valence electrons. The summed E-state index contributed by atoms with van der Waals surface area (Å²) in [5.74, 6) is 1.25. The van der Waals surface area contributed by atoms with Crippen LogP contribution in [0.3, 0.4) is 0 Å². The first-order valence-electron chi connectivity index (χ1n) is 10.2. The standard InChI is InChI=1S/C23H17Cl2N7OS/c24-17-8-6-16(7-9-17)15-34-22-27-26-21(31(22)19-4-2-1-3-5-19)14-30-23(33)32(29-28-30)20-12-10-18(25)11-13-20/h1-13H,14-15H2. The van der Waals surface area contributed by atoms with Gasteiger partial charge < -0.3 is 0 Å². The van der Waals surface area contributed by atoms with Crippen molar-refractivity contribution in [1.82, 2.24) is 34.6 Å². The van der Waals surface area contributed by atoms with Crippen molar-refractivity contribution < 1.29 is 0 Å². The van der Waals surface area contributed by atoms with Crippen LogP contribution in [0.2, 0.25) is 10.0 Å². The molecule has 0 aliphatic heterocycles. The van der Waals surface area contributed by atoms with Crippen LogP contribution >= 0.6 is 35.0 Å². The van der Waals surface area contributed by atoms with Crippen molar-refractivity contribution in [2.45, 2.75) is 17.5 Å². The molecule has 0 saturated carbocycles. The van der Waals surface area contributed by atoms with E-state index in [1.165, 1.54) is 9.36 Å². The van der Waals surface area contributed by atoms with Gasteiger partial charge in [0.2, 0.25) is 0 Å². The molecule has 2 aromatic heterocycles. The van der Waals surface area contributed by atoms with E-state index in [4.69, 9.17) is 23.2 Å². The second-order valence-corrected chi connectivity index (χ2v) is 9.11. The Hall–Kier alpha value is -3.40. The van der Waals surface area contributed by atoms with Crippen LogP contribution in [-0.2, 0) is 12.3 Å². The summed E-state index contributed by atoms with van der Waals surface area (Å²) >= 11 is 13.5. The van der Waals surface area contributed by atoms with Crippen LogP contribution in [0.1, 0.15) is 11.4 Å². The predicted molar refractivity (Wildman–Crippen MR) is 132 cm³/mol. The van der Waals surface area contributed by atoms with Crippen molar-refractivity contribution in [3.05, 3.63) is 111 Å². The Labute approximate surface area is 208 Å². The van der Waals surface area contributed by atoms with Crippen LogP contribution in [0.15, 0.2) is 88.8 Å². The number of thioether (sulfide) groups is 1. The predicted octanol–water partition coefficient (Wildman–Crippen LogP) is 4.66. The van der Waals surface area contributed by atoms with E-state index in [9.17, 15) is 4.79 Å². The number of para-hydroxylation sites is 1. The molecule has 8 nitrogen and oxygen atoms in total. The van der Waals surface area contributed by atoms with E-state index in [0.29, 0.717) is 32.5 Å². The first-order valence-corrected chi connectivity index (χ1v) is 12.0. The molecule has 0 bridgehead atoms. The van der Waals surface area contributed by atoms with Gasteiger partial charge in [-0.3, -0.25) is 4.57 Å². The Kier molecular flexibility index (Phi) is 6.48. The fourth-order valence-corrected chi connectivity index (χ4v) is 4.49. The van der Waals surface area contributed by atoms with Gasteiger partial charge in [-0.1, -0.05) is 65.3 Å². The minimum atomic E-state index is -0.389. The van der Waals surface area contributed by atoms with E-state index in [1.807, 2.05) is 59.2 Å². The van der Waals surface area contributed by atoms with E-state index in [1.54, 1.807) is 36.0 Å². The zero-order valence-electron chi connectivity index (χ0n) is 17.6. The molecule has 2 heterocycles. The van der Waals surface area contributed by atoms with E-state index in [-0.39, 0.29) is 12.2 Å². The summed E-state index contributed by atoms with van der Waals surface area (Å²) in [6.07, 6.45) is 0. The molecule has 0 amide bonds. The maximum Gasteiger partial charge on any atom is 0.368 e. The zero-order chi connectivity index (χ0) is 23.5. The van der Waals surface area contributed by atoms with Crippen LogP contribution in [0.4, 0.5) is 0 Å². The highest BCUT2D eigenvalue weighted by Crippen LogP contribution is 2.26. The average Bonchev–Trinajstić information content (AvgIpc) is 3.43. The van der Waals surface area contributed by atoms with Crippen LogP contribution in [-0.4, -0.2) is 34.6 Å². The lowest BCUT2D eigenvalue weighted by atomic mass is 10.2. The van der Waals surface area contributed by atoms with E-state index >= 15 is 0 Å². The lowest BCUT2D eigenvalue weighted by molar-refractivity contribution is 0.598. The quantitative estimate of drug-likeness (QED) is 0.296. The molecule has 0 spiro atoms. The summed E-state index contributed by atoms with van der Waals surface area (Å²) in [5.41, 5.74) is 2.18. The molecule has 0 unspecified atom stereocenters. The van der Waals surface area contributed by atoms with Gasteiger partial charge in [0.25, 0.3) is 0 Å². The van der Waals surface area contributed by atoms with Crippen molar-refractivity contribution in [1.29, 1.82) is 0 Å². The second kappa shape index (κ2) is 9.84. The molecule has 5 rings (SSSR count). The minimum Gasteiger partial charge on any atom is -0.272 e. The van der Waals surface area contributed by atoms with Gasteiger partial charge in [0.05, 0.1) is 5.69 Å². The monoisotopic (exact) mass is 509 g/mol. The van der Waals surface area contributed by atoms with Crippen molar-refractivity contribution in [2.24, 2.45) is 0 Å². The van der Waals surface area contributed by atoms with Crippen molar-refractivity contribution in [3.8, 4) is 11.4 Å². The molecule has 0 saturated heterocycles. The number of benzene rings is 3. The van der Waals surface area contributed by atoms with Gasteiger partial charge in [0, 0.05) is 21.5 Å². The maximum absolute atomic E-state index is 12.9. The zero-order valence-corrected chi connectivity index (χ0v) is 20.0. The summed E-state index contributed by atoms with van der Waals surface area (Å²) < 4.78 is 4.40. The lowest BCUT2D eigenvalue weighted by Gasteiger charge is -2.10. The third-order valence-corrected chi connectivity index (χ3v) is 6.50. The van der Waals surface area contributed by atoms with Crippen molar-refractivity contribution >= 4 is 35.0 Å². The number of tetrazole rings is 1. The summed E-state index contributed by atoms with van der Waals surface area (Å²) in [6, 6.07) is 24.2. The Morgan fingerprint density at radius 3 is 2.15 bits per heavy atom. The SMILES string of the molecule is O=c1n(Cc2nnc(SCc3ccc(Cl)cc3)n2-c2ccccc2)nnn1-c1ccc(Cl)cc1. The first kappa shape index (κ1) is 22.4. The lowest BCUT2D eigenvalue weighted by Crippen LogP contribution is -2.25. The molecule has 3 aromatic carbocycles. The highest BCUT2D eigenvalue weighted by molar-refractivity contribution is 7.98. The summed E-state index contributed by atoms with van der Waals surface area (Å²) in [4.78, 5) is 12.9. The third-order valence-electron chi connectivity index (χ3n) is 5.00. The second-order valence-electron chi connectivity index (χ2n) is 7.29. The molecular weight excluding hydrogens is 493 g/mol. The van der Waals surface area contributed by atoms with Gasteiger partial charge in [-0.2, -0.15) is 9.36 Å². The summed E-state index contributed by atoms with van der Waals surface area (Å²) in [6.45, 7) is 0.107. The van der Waals surface area contributed by atoms with Gasteiger partial charge in [-0.25, -0.2) is 4.79 Å². The third kappa shape index (κ3) is 4.77. The molecule has 0 N–H and O–H groups in total. The highest BCUT2D eigenvalue weighted by atomic mass is 35.5. The van der Waals surface area contributed by atoms with Gasteiger partial charge >= 0.3 is 5.69 Å². The minimum absolute atomic E-state index is 0.107. The number of rotatable bonds is 7. The summed E-state index contributed by atoms with van der Waals surface area (Å²) in [5, 5.41) is 18.8. The molecule has 34 heavy (non-hydrogen) atoms. The molecule has 5 aromatic rings. The van der Waals surface area contributed by atoms with Gasteiger partial charge in [-0.05, 0) is 64.5 Å². The highest BCUT2D eigenvalue weighted by Gasteiger charge is 2.18. The number of hydrogen-bond donors (Lipinski definition) is 0. The number of hydrogen-bond acceptors (Lipinski definition) is 6. The number of halogens is 2. The fourth-order valence-electron chi connectivity index (χ4n) is 3.31. The Bertz CT molecular complexity index is 1460. The van der Waals surface area contributed by atoms with E-state index in [2.05, 4.69) is 20.6 Å². The Balaban J connectivity index is 1.45. The number of nitrogens with zero attached hydrogens (tertiary/aromatic N) is 7. The maximum atomic E-state index is 12.9. The Morgan fingerprint density at radius 1 is 0.765 bits per heavy atom. The molecule has 0 atom stereocenters. The molecule has 0 radical (unpaired) electrons. The molecule has 11 heteroatoms. The Morgan fingerprint density at radius 2 is 1.44 bits per heavy atom. The van der Waals surface area contributed by atoms with Gasteiger partial charge in [-0.15, -0.1) is 10.2 Å². The van der Waals surface area contributed by atoms with Crippen LogP contribution in [0, 0.1) is 0 Å². The van der Waals surface area contributed by atoms with Crippen LogP contribution in [0.5, 0.6) is 0 Å². The van der Waals surface area contributed by atoms with Crippen molar-refractivity contribution in [2.75, 3.05) is 0 Å². The van der Waals surface area contributed by atoms with Gasteiger partial charge in [0.15, 0.2) is 11.0 Å². The summed E-state index contributed by atoms with van der Waals surface area (Å²) in [7, 11) is 0. The molecule has 0 aliphatic carbocycles. The largest absolute Gasteiger partial charge is 0.368 e. The molecule has 0 aliphatic rings. The molecule has 0 fully saturated rings. The van der Waals surface area contributed by atoms with Crippen molar-refractivity contribution in [3.63, 3.8) is 0 Å². The first-order chi connectivity index (χ1) is 16.6. The fraction of sp³-hybridized carbons (Fsp3) is 0.0870. The van der Waals surface area contributed by atoms with E-state index in [0.717, 1.165) is 11.3 Å². The number of aromatic nitrogens is 7. The smallest absolute Gasteiger partial charge is 0.272 e. The van der Waals surface area contributed by atoms with E-state index < -0.39 is 0 Å². The normalized spacial score (nSPS) is 11.1. The van der Waals surface area contributed by atoms with Crippen LogP contribution < -0.4 is 5.69 Å². The topological polar surface area (TPSA) is 83.4 Å². The average molecular weight is 510 g/mol. The van der Waals surface area contributed by atoms with Gasteiger partial charge in [0.1, 0.15) is 6.54 Å². The molecular formula is C23H17Cl2N7OS.